The van der Waals surface area contributed by atoms with E-state index >= 15 is 0 Å². The van der Waals surface area contributed by atoms with Crippen molar-refractivity contribution in [3.8, 4) is 12.3 Å². The van der Waals surface area contributed by atoms with Crippen molar-refractivity contribution in [2.24, 2.45) is 0 Å². The van der Waals surface area contributed by atoms with Gasteiger partial charge in [0.1, 0.15) is 0 Å². The van der Waals surface area contributed by atoms with Crippen LogP contribution in [0.15, 0.2) is 18.2 Å². The van der Waals surface area contributed by atoms with Crippen molar-refractivity contribution < 1.29 is 4.79 Å². The molecule has 82 valence electrons. The number of carbonyl (C=O) groups is 1. The summed E-state index contributed by atoms with van der Waals surface area (Å²) in [6.45, 7) is 0. The van der Waals surface area contributed by atoms with Crippen molar-refractivity contribution in [2.75, 3.05) is 7.05 Å². The highest BCUT2D eigenvalue weighted by Gasteiger charge is 2.31. The van der Waals surface area contributed by atoms with Crippen molar-refractivity contribution in [2.45, 2.75) is 18.9 Å². The average Bonchev–Trinajstić information content (AvgIpc) is 3.10. The molecule has 1 aliphatic rings. The Morgan fingerprint density at radius 1 is 1.56 bits per heavy atom. The van der Waals surface area contributed by atoms with Crippen molar-refractivity contribution >= 4 is 17.5 Å². The molecule has 0 unspecified atom stereocenters. The maximum absolute atomic E-state index is 12.2. The van der Waals surface area contributed by atoms with Gasteiger partial charge in [0.05, 0.1) is 10.6 Å². The van der Waals surface area contributed by atoms with Gasteiger partial charge in [0.2, 0.25) is 0 Å². The Morgan fingerprint density at radius 3 is 2.81 bits per heavy atom. The molecular formula is C13H12ClNO. The summed E-state index contributed by atoms with van der Waals surface area (Å²) in [5.41, 5.74) is 1.01. The van der Waals surface area contributed by atoms with E-state index in [1.54, 1.807) is 30.1 Å². The first-order chi connectivity index (χ1) is 7.65. The van der Waals surface area contributed by atoms with Gasteiger partial charge in [-0.2, -0.15) is 0 Å². The molecule has 1 aliphatic carbocycles. The Morgan fingerprint density at radius 2 is 2.25 bits per heavy atom. The second kappa shape index (κ2) is 4.19. The van der Waals surface area contributed by atoms with E-state index in [1.807, 2.05) is 0 Å². The Balaban J connectivity index is 2.39. The standard InChI is InChI=1S/C13H12ClNO/c1-3-9-5-4-6-11(14)12(9)13(16)15(2)10-7-8-10/h1,4-6,10H,7-8H2,2H3. The van der Waals surface area contributed by atoms with E-state index in [1.165, 1.54) is 0 Å². The number of hydrogen-bond acceptors (Lipinski definition) is 1. The summed E-state index contributed by atoms with van der Waals surface area (Å²) < 4.78 is 0. The molecule has 0 aromatic heterocycles. The first-order valence-corrected chi connectivity index (χ1v) is 5.55. The number of nitrogens with zero attached hydrogens (tertiary/aromatic N) is 1. The lowest BCUT2D eigenvalue weighted by atomic mass is 10.1. The molecule has 1 saturated carbocycles. The third-order valence-electron chi connectivity index (χ3n) is 2.80. The molecule has 0 saturated heterocycles. The van der Waals surface area contributed by atoms with E-state index in [0.717, 1.165) is 12.8 Å². The molecule has 0 radical (unpaired) electrons. The Bertz CT molecular complexity index is 471. The maximum atomic E-state index is 12.2. The normalized spacial score (nSPS) is 14.3. The van der Waals surface area contributed by atoms with Gasteiger partial charge in [0.15, 0.2) is 0 Å². The van der Waals surface area contributed by atoms with Gasteiger partial charge < -0.3 is 4.90 Å². The van der Waals surface area contributed by atoms with Gasteiger partial charge in [-0.05, 0) is 25.0 Å². The van der Waals surface area contributed by atoms with Crippen LogP contribution in [0, 0.1) is 12.3 Å². The molecule has 0 spiro atoms. The highest BCUT2D eigenvalue weighted by molar-refractivity contribution is 6.34. The molecule has 0 heterocycles. The zero-order valence-electron chi connectivity index (χ0n) is 9.03. The van der Waals surface area contributed by atoms with Crippen molar-refractivity contribution in [1.82, 2.24) is 4.90 Å². The lowest BCUT2D eigenvalue weighted by molar-refractivity contribution is 0.0785. The number of rotatable bonds is 2. The van der Waals surface area contributed by atoms with E-state index in [2.05, 4.69) is 5.92 Å². The molecule has 0 N–H and O–H groups in total. The molecule has 16 heavy (non-hydrogen) atoms. The van der Waals surface area contributed by atoms with E-state index in [9.17, 15) is 4.79 Å². The molecular weight excluding hydrogens is 222 g/mol. The highest BCUT2D eigenvalue weighted by Crippen LogP contribution is 2.29. The molecule has 2 nitrogen and oxygen atoms in total. The van der Waals surface area contributed by atoms with Crippen LogP contribution in [-0.2, 0) is 0 Å². The van der Waals surface area contributed by atoms with Gasteiger partial charge in [0, 0.05) is 18.7 Å². The quantitative estimate of drug-likeness (QED) is 0.719. The number of amides is 1. The van der Waals surface area contributed by atoms with Crippen molar-refractivity contribution in [1.29, 1.82) is 0 Å². The van der Waals surface area contributed by atoms with Crippen LogP contribution in [0.25, 0.3) is 0 Å². The average molecular weight is 234 g/mol. The molecule has 1 aromatic rings. The van der Waals surface area contributed by atoms with Crippen LogP contribution in [-0.4, -0.2) is 23.9 Å². The summed E-state index contributed by atoms with van der Waals surface area (Å²) in [6, 6.07) is 5.54. The topological polar surface area (TPSA) is 20.3 Å². The second-order valence-corrected chi connectivity index (χ2v) is 4.36. The first-order valence-electron chi connectivity index (χ1n) is 5.17. The smallest absolute Gasteiger partial charge is 0.256 e. The van der Waals surface area contributed by atoms with Crippen LogP contribution in [0.1, 0.15) is 28.8 Å². The SMILES string of the molecule is C#Cc1cccc(Cl)c1C(=O)N(C)C1CC1. The molecule has 3 heteroatoms. The zero-order valence-corrected chi connectivity index (χ0v) is 9.79. The van der Waals surface area contributed by atoms with Gasteiger partial charge in [-0.15, -0.1) is 6.42 Å². The number of carbonyl (C=O) groups excluding carboxylic acids is 1. The molecule has 1 amide bonds. The van der Waals surface area contributed by atoms with Gasteiger partial charge in [-0.3, -0.25) is 4.79 Å². The van der Waals surface area contributed by atoms with Gasteiger partial charge in [0.25, 0.3) is 5.91 Å². The largest absolute Gasteiger partial charge is 0.339 e. The Hall–Kier alpha value is -1.46. The lowest BCUT2D eigenvalue weighted by Crippen LogP contribution is -2.29. The Labute approximate surface area is 100 Å². The fraction of sp³-hybridized carbons (Fsp3) is 0.308. The fourth-order valence-electron chi connectivity index (χ4n) is 1.67. The van der Waals surface area contributed by atoms with E-state index in [0.29, 0.717) is 22.2 Å². The molecule has 0 atom stereocenters. The second-order valence-electron chi connectivity index (χ2n) is 3.95. The summed E-state index contributed by atoms with van der Waals surface area (Å²) in [5.74, 6) is 2.42. The van der Waals surface area contributed by atoms with Crippen LogP contribution in [0.3, 0.4) is 0 Å². The summed E-state index contributed by atoms with van der Waals surface area (Å²) in [6.07, 6.45) is 7.50. The third kappa shape index (κ3) is 1.91. The van der Waals surface area contributed by atoms with Gasteiger partial charge in [-0.1, -0.05) is 23.6 Å². The van der Waals surface area contributed by atoms with Gasteiger partial charge >= 0.3 is 0 Å². The van der Waals surface area contributed by atoms with Crippen LogP contribution in [0.4, 0.5) is 0 Å². The lowest BCUT2D eigenvalue weighted by Gasteiger charge is -2.17. The van der Waals surface area contributed by atoms with Crippen LogP contribution in [0.5, 0.6) is 0 Å². The van der Waals surface area contributed by atoms with Crippen molar-refractivity contribution in [3.05, 3.63) is 34.3 Å². The van der Waals surface area contributed by atoms with E-state index in [4.69, 9.17) is 18.0 Å². The molecule has 1 aromatic carbocycles. The molecule has 2 rings (SSSR count). The fourth-order valence-corrected chi connectivity index (χ4v) is 1.92. The Kier molecular flexibility index (Phi) is 2.89. The number of halogens is 1. The van der Waals surface area contributed by atoms with Crippen LogP contribution in [0.2, 0.25) is 5.02 Å². The summed E-state index contributed by atoms with van der Waals surface area (Å²) >= 11 is 6.03. The third-order valence-corrected chi connectivity index (χ3v) is 3.11. The minimum atomic E-state index is -0.0824. The highest BCUT2D eigenvalue weighted by atomic mass is 35.5. The minimum Gasteiger partial charge on any atom is -0.339 e. The summed E-state index contributed by atoms with van der Waals surface area (Å²) in [4.78, 5) is 13.9. The predicted molar refractivity (Wildman–Crippen MR) is 64.5 cm³/mol. The molecule has 1 fully saturated rings. The summed E-state index contributed by atoms with van der Waals surface area (Å²) in [7, 11) is 1.80. The predicted octanol–water partition coefficient (Wildman–Crippen LogP) is 2.56. The van der Waals surface area contributed by atoms with E-state index < -0.39 is 0 Å². The van der Waals surface area contributed by atoms with Crippen LogP contribution >= 0.6 is 11.6 Å². The monoisotopic (exact) mass is 233 g/mol. The van der Waals surface area contributed by atoms with Crippen LogP contribution < -0.4 is 0 Å². The van der Waals surface area contributed by atoms with E-state index in [-0.39, 0.29) is 5.91 Å². The number of hydrogen-bond donors (Lipinski definition) is 0. The first kappa shape index (κ1) is 11.0. The number of benzene rings is 1. The van der Waals surface area contributed by atoms with Gasteiger partial charge in [-0.25, -0.2) is 0 Å². The molecule has 0 bridgehead atoms. The summed E-state index contributed by atoms with van der Waals surface area (Å²) in [5, 5.41) is 0.424. The maximum Gasteiger partial charge on any atom is 0.256 e. The zero-order chi connectivity index (χ0) is 11.7. The number of terminal acetylenes is 1. The van der Waals surface area contributed by atoms with Crippen molar-refractivity contribution in [3.63, 3.8) is 0 Å². The minimum absolute atomic E-state index is 0.0824. The molecule has 0 aliphatic heterocycles.